The molecule has 0 radical (unpaired) electrons. The second-order valence-corrected chi connectivity index (χ2v) is 7.54. The third kappa shape index (κ3) is 3.87. The quantitative estimate of drug-likeness (QED) is 0.677. The van der Waals surface area contributed by atoms with Crippen molar-refractivity contribution in [2.45, 2.75) is 57.5 Å². The van der Waals surface area contributed by atoms with E-state index in [4.69, 9.17) is 5.73 Å². The SMILES string of the molecule is C[C@H]1CCCCN1C(=O)c1cc(N)cc(C(=O)[C@@H]2CCCCN2C)c1. The molecular formula is C20H29N3O2. The van der Waals surface area contributed by atoms with Gasteiger partial charge in [-0.15, -0.1) is 0 Å². The predicted octanol–water partition coefficient (Wildman–Crippen LogP) is 2.95. The molecule has 2 saturated heterocycles. The van der Waals surface area contributed by atoms with E-state index in [9.17, 15) is 9.59 Å². The van der Waals surface area contributed by atoms with Crippen LogP contribution in [0.25, 0.3) is 0 Å². The van der Waals surface area contributed by atoms with Crippen LogP contribution >= 0.6 is 0 Å². The minimum Gasteiger partial charge on any atom is -0.399 e. The Morgan fingerprint density at radius 3 is 2.40 bits per heavy atom. The normalized spacial score (nSPS) is 25.0. The van der Waals surface area contributed by atoms with E-state index in [1.165, 1.54) is 6.42 Å². The van der Waals surface area contributed by atoms with Crippen molar-refractivity contribution >= 4 is 17.4 Å². The van der Waals surface area contributed by atoms with Crippen LogP contribution in [0, 0.1) is 0 Å². The number of hydrogen-bond acceptors (Lipinski definition) is 4. The number of carbonyl (C=O) groups excluding carboxylic acids is 2. The van der Waals surface area contributed by atoms with Gasteiger partial charge in [-0.05, 0) is 70.8 Å². The van der Waals surface area contributed by atoms with Crippen molar-refractivity contribution in [2.75, 3.05) is 25.9 Å². The first-order valence-electron chi connectivity index (χ1n) is 9.43. The number of nitrogens with zero attached hydrogens (tertiary/aromatic N) is 2. The zero-order valence-electron chi connectivity index (χ0n) is 15.3. The number of rotatable bonds is 3. The van der Waals surface area contributed by atoms with Gasteiger partial charge < -0.3 is 10.6 Å². The Kier molecular flexibility index (Phi) is 5.42. The molecule has 136 valence electrons. The predicted molar refractivity (Wildman–Crippen MR) is 99.8 cm³/mol. The maximum absolute atomic E-state index is 13.0. The molecule has 2 aliphatic heterocycles. The summed E-state index contributed by atoms with van der Waals surface area (Å²) in [6.07, 6.45) is 6.31. The van der Waals surface area contributed by atoms with E-state index in [1.807, 2.05) is 11.9 Å². The van der Waals surface area contributed by atoms with Crippen LogP contribution in [-0.2, 0) is 0 Å². The van der Waals surface area contributed by atoms with Gasteiger partial charge in [-0.3, -0.25) is 14.5 Å². The van der Waals surface area contributed by atoms with Gasteiger partial charge in [0.1, 0.15) is 0 Å². The van der Waals surface area contributed by atoms with Gasteiger partial charge in [0.05, 0.1) is 6.04 Å². The van der Waals surface area contributed by atoms with Crippen molar-refractivity contribution in [2.24, 2.45) is 0 Å². The third-order valence-electron chi connectivity index (χ3n) is 5.62. The molecule has 2 fully saturated rings. The summed E-state index contributed by atoms with van der Waals surface area (Å²) in [5.41, 5.74) is 7.61. The molecule has 0 saturated carbocycles. The number of piperidine rings is 2. The van der Waals surface area contributed by atoms with Crippen molar-refractivity contribution in [3.05, 3.63) is 29.3 Å². The molecule has 0 bridgehead atoms. The van der Waals surface area contributed by atoms with Crippen LogP contribution in [0.5, 0.6) is 0 Å². The zero-order valence-corrected chi connectivity index (χ0v) is 15.3. The highest BCUT2D eigenvalue weighted by Crippen LogP contribution is 2.24. The number of nitrogen functional groups attached to an aromatic ring is 1. The zero-order chi connectivity index (χ0) is 18.0. The van der Waals surface area contributed by atoms with E-state index < -0.39 is 0 Å². The molecule has 0 unspecified atom stereocenters. The lowest BCUT2D eigenvalue weighted by atomic mass is 9.93. The highest BCUT2D eigenvalue weighted by atomic mass is 16.2. The molecule has 1 amide bonds. The average molecular weight is 343 g/mol. The molecule has 2 N–H and O–H groups in total. The summed E-state index contributed by atoms with van der Waals surface area (Å²) >= 11 is 0. The van der Waals surface area contributed by atoms with Crippen molar-refractivity contribution in [1.82, 2.24) is 9.80 Å². The fourth-order valence-electron chi connectivity index (χ4n) is 4.08. The Morgan fingerprint density at radius 1 is 1.00 bits per heavy atom. The summed E-state index contributed by atoms with van der Waals surface area (Å²) in [5, 5.41) is 0. The number of benzene rings is 1. The third-order valence-corrected chi connectivity index (χ3v) is 5.62. The number of nitrogens with two attached hydrogens (primary N) is 1. The van der Waals surface area contributed by atoms with Crippen LogP contribution in [0.4, 0.5) is 5.69 Å². The lowest BCUT2D eigenvalue weighted by Crippen LogP contribution is -2.43. The fraction of sp³-hybridized carbons (Fsp3) is 0.600. The van der Waals surface area contributed by atoms with E-state index in [0.717, 1.165) is 45.2 Å². The van der Waals surface area contributed by atoms with Crippen molar-refractivity contribution in [3.8, 4) is 0 Å². The maximum atomic E-state index is 13.0. The largest absolute Gasteiger partial charge is 0.399 e. The smallest absolute Gasteiger partial charge is 0.254 e. The number of ketones is 1. The minimum atomic E-state index is -0.104. The van der Waals surface area contributed by atoms with Gasteiger partial charge in [0.15, 0.2) is 5.78 Å². The summed E-state index contributed by atoms with van der Waals surface area (Å²) in [4.78, 5) is 29.9. The summed E-state index contributed by atoms with van der Waals surface area (Å²) < 4.78 is 0. The molecule has 5 heteroatoms. The molecule has 1 aromatic rings. The van der Waals surface area contributed by atoms with Gasteiger partial charge in [0, 0.05) is 29.4 Å². The van der Waals surface area contributed by atoms with Crippen LogP contribution in [-0.4, -0.2) is 53.7 Å². The van der Waals surface area contributed by atoms with E-state index in [-0.39, 0.29) is 23.8 Å². The van der Waals surface area contributed by atoms with Crippen LogP contribution in [0.2, 0.25) is 0 Å². The lowest BCUT2D eigenvalue weighted by molar-refractivity contribution is 0.0635. The fourth-order valence-corrected chi connectivity index (χ4v) is 4.08. The molecule has 25 heavy (non-hydrogen) atoms. The molecule has 2 aliphatic rings. The molecule has 2 heterocycles. The molecule has 2 atom stereocenters. The standard InChI is InChI=1S/C20H29N3O2/c1-14-7-3-6-10-23(14)20(25)16-11-15(12-17(21)13-16)19(24)18-8-4-5-9-22(18)2/h11-14,18H,3-10,21H2,1-2H3/t14-,18-/m0/s1. The van der Waals surface area contributed by atoms with Crippen LogP contribution in [0.3, 0.4) is 0 Å². The first-order chi connectivity index (χ1) is 12.0. The van der Waals surface area contributed by atoms with Crippen LogP contribution < -0.4 is 5.73 Å². The number of likely N-dealkylation sites (tertiary alicyclic amines) is 2. The van der Waals surface area contributed by atoms with E-state index in [0.29, 0.717) is 16.8 Å². The molecule has 3 rings (SSSR count). The summed E-state index contributed by atoms with van der Waals surface area (Å²) in [6.45, 7) is 3.81. The molecule has 0 aliphatic carbocycles. The Labute approximate surface area is 150 Å². The Morgan fingerprint density at radius 2 is 1.68 bits per heavy atom. The second-order valence-electron chi connectivity index (χ2n) is 7.54. The van der Waals surface area contributed by atoms with E-state index >= 15 is 0 Å². The number of likely N-dealkylation sites (N-methyl/N-ethyl adjacent to an activating group) is 1. The van der Waals surface area contributed by atoms with Gasteiger partial charge in [-0.1, -0.05) is 6.42 Å². The highest BCUT2D eigenvalue weighted by Gasteiger charge is 2.29. The Balaban J connectivity index is 1.85. The maximum Gasteiger partial charge on any atom is 0.254 e. The number of carbonyl (C=O) groups is 2. The number of amides is 1. The molecular weight excluding hydrogens is 314 g/mol. The van der Waals surface area contributed by atoms with E-state index in [2.05, 4.69) is 11.8 Å². The molecule has 0 spiro atoms. The number of Topliss-reactive ketones (excluding diaryl/α,β-unsaturated/α-hetero) is 1. The summed E-state index contributed by atoms with van der Waals surface area (Å²) in [5.74, 6) is 0.0702. The minimum absolute atomic E-state index is 0.00875. The topological polar surface area (TPSA) is 66.6 Å². The van der Waals surface area contributed by atoms with Gasteiger partial charge >= 0.3 is 0 Å². The second kappa shape index (κ2) is 7.56. The van der Waals surface area contributed by atoms with Crippen molar-refractivity contribution in [1.29, 1.82) is 0 Å². The Hall–Kier alpha value is -1.88. The molecule has 5 nitrogen and oxygen atoms in total. The van der Waals surface area contributed by atoms with Crippen LogP contribution in [0.1, 0.15) is 66.2 Å². The number of hydrogen-bond donors (Lipinski definition) is 1. The summed E-state index contributed by atoms with van der Waals surface area (Å²) in [6, 6.07) is 5.29. The van der Waals surface area contributed by atoms with Gasteiger partial charge in [0.25, 0.3) is 5.91 Å². The van der Waals surface area contributed by atoms with Crippen molar-refractivity contribution < 1.29 is 9.59 Å². The molecule has 0 aromatic heterocycles. The first-order valence-corrected chi connectivity index (χ1v) is 9.43. The first kappa shape index (κ1) is 17.9. The highest BCUT2D eigenvalue weighted by molar-refractivity contribution is 6.04. The monoisotopic (exact) mass is 343 g/mol. The lowest BCUT2D eigenvalue weighted by Gasteiger charge is -2.34. The van der Waals surface area contributed by atoms with Gasteiger partial charge in [-0.25, -0.2) is 0 Å². The summed E-state index contributed by atoms with van der Waals surface area (Å²) in [7, 11) is 2.00. The van der Waals surface area contributed by atoms with Crippen molar-refractivity contribution in [3.63, 3.8) is 0 Å². The molecule has 1 aromatic carbocycles. The van der Waals surface area contributed by atoms with Gasteiger partial charge in [0.2, 0.25) is 0 Å². The average Bonchev–Trinajstić information content (AvgIpc) is 2.61. The number of anilines is 1. The van der Waals surface area contributed by atoms with Crippen LogP contribution in [0.15, 0.2) is 18.2 Å². The van der Waals surface area contributed by atoms with E-state index in [1.54, 1.807) is 18.2 Å². The Bertz CT molecular complexity index is 606. The van der Waals surface area contributed by atoms with Gasteiger partial charge in [-0.2, -0.15) is 0 Å².